The summed E-state index contributed by atoms with van der Waals surface area (Å²) in [7, 11) is 3.23. The van der Waals surface area contributed by atoms with Gasteiger partial charge in [-0.2, -0.15) is 5.26 Å². The summed E-state index contributed by atoms with van der Waals surface area (Å²) in [6.07, 6.45) is 6.17. The van der Waals surface area contributed by atoms with E-state index in [9.17, 15) is 14.4 Å². The molecule has 1 aliphatic heterocycles. The fraction of sp³-hybridized carbons (Fsp3) is 0.533. The van der Waals surface area contributed by atoms with Gasteiger partial charge in [-0.25, -0.2) is 4.39 Å². The molecule has 0 N–H and O–H groups in total. The quantitative estimate of drug-likeness (QED) is 0.247. The third-order valence-electron chi connectivity index (χ3n) is 7.70. The fourth-order valence-corrected chi connectivity index (χ4v) is 5.71. The fourth-order valence-electron chi connectivity index (χ4n) is 5.71. The van der Waals surface area contributed by atoms with Gasteiger partial charge in [-0.15, -0.1) is 0 Å². The Bertz CT molecular complexity index is 1040. The molecule has 0 aromatic heterocycles. The lowest BCUT2D eigenvalue weighted by Crippen LogP contribution is -2.53. The Morgan fingerprint density at radius 1 is 1.08 bits per heavy atom. The second-order valence-electron chi connectivity index (χ2n) is 9.72. The zero-order valence-electron chi connectivity index (χ0n) is 22.1. The molecular weight excluding hydrogens is 455 g/mol. The average molecular weight is 495 g/mol. The molecule has 0 bridgehead atoms. The van der Waals surface area contributed by atoms with Crippen LogP contribution in [0.3, 0.4) is 0 Å². The number of ether oxygens (including phenoxy) is 2. The van der Waals surface area contributed by atoms with Crippen molar-refractivity contribution >= 4 is 5.78 Å². The summed E-state index contributed by atoms with van der Waals surface area (Å²) in [5.41, 5.74) is 0.824. The van der Waals surface area contributed by atoms with Crippen molar-refractivity contribution in [3.8, 4) is 17.6 Å². The average Bonchev–Trinajstić information content (AvgIpc) is 2.92. The van der Waals surface area contributed by atoms with Gasteiger partial charge in [-0.05, 0) is 80.7 Å². The van der Waals surface area contributed by atoms with Crippen LogP contribution in [-0.2, 0) is 5.41 Å². The number of nitriles is 1. The lowest BCUT2D eigenvalue weighted by Gasteiger charge is -2.45. The first-order chi connectivity index (χ1) is 17.4. The summed E-state index contributed by atoms with van der Waals surface area (Å²) in [5, 5.41) is 10.7. The molecular formula is C30H39FN2O3. The molecule has 3 rings (SSSR count). The van der Waals surface area contributed by atoms with Crippen LogP contribution in [0.15, 0.2) is 42.5 Å². The van der Waals surface area contributed by atoms with Gasteiger partial charge >= 0.3 is 0 Å². The van der Waals surface area contributed by atoms with E-state index in [0.29, 0.717) is 17.1 Å². The summed E-state index contributed by atoms with van der Waals surface area (Å²) >= 11 is 0. The molecule has 194 valence electrons. The van der Waals surface area contributed by atoms with E-state index in [1.165, 1.54) is 12.1 Å². The van der Waals surface area contributed by atoms with Gasteiger partial charge in [0.2, 0.25) is 0 Å². The highest BCUT2D eigenvalue weighted by atomic mass is 19.1. The molecule has 0 saturated carbocycles. The van der Waals surface area contributed by atoms with Crippen molar-refractivity contribution in [3.63, 3.8) is 0 Å². The summed E-state index contributed by atoms with van der Waals surface area (Å²) in [6.45, 7) is 5.82. The van der Waals surface area contributed by atoms with Crippen molar-refractivity contribution in [2.45, 2.75) is 70.3 Å². The molecule has 2 unspecified atom stereocenters. The van der Waals surface area contributed by atoms with Crippen LogP contribution in [-0.4, -0.2) is 44.0 Å². The van der Waals surface area contributed by atoms with Gasteiger partial charge in [0.25, 0.3) is 0 Å². The molecule has 1 saturated heterocycles. The smallest absolute Gasteiger partial charge is 0.166 e. The normalized spacial score (nSPS) is 17.1. The molecule has 36 heavy (non-hydrogen) atoms. The summed E-state index contributed by atoms with van der Waals surface area (Å²) in [6, 6.07) is 14.5. The molecule has 1 aliphatic rings. The minimum absolute atomic E-state index is 0.0133. The number of carbonyl (C=O) groups excluding carboxylic acids is 1. The number of unbranched alkanes of at least 4 members (excludes halogenated alkanes) is 2. The number of rotatable bonds is 12. The Hall–Kier alpha value is -2.91. The summed E-state index contributed by atoms with van der Waals surface area (Å²) in [4.78, 5) is 15.4. The van der Waals surface area contributed by atoms with E-state index >= 15 is 0 Å². The molecule has 2 atom stereocenters. The van der Waals surface area contributed by atoms with Gasteiger partial charge in [0, 0.05) is 17.5 Å². The maximum atomic E-state index is 13.3. The highest BCUT2D eigenvalue weighted by Gasteiger charge is 2.44. The highest BCUT2D eigenvalue weighted by molar-refractivity contribution is 5.97. The molecule has 0 radical (unpaired) electrons. The number of piperidine rings is 1. The number of likely N-dealkylation sites (tertiary alicyclic amines) is 1. The molecule has 0 aliphatic carbocycles. The van der Waals surface area contributed by atoms with Crippen LogP contribution in [0.1, 0.15) is 74.7 Å². The second kappa shape index (κ2) is 12.9. The third kappa shape index (κ3) is 5.90. The van der Waals surface area contributed by atoms with Crippen molar-refractivity contribution in [2.24, 2.45) is 5.92 Å². The number of benzene rings is 2. The van der Waals surface area contributed by atoms with Crippen LogP contribution >= 0.6 is 0 Å². The Labute approximate surface area is 215 Å². The molecule has 0 spiro atoms. The predicted molar refractivity (Wildman–Crippen MR) is 140 cm³/mol. The summed E-state index contributed by atoms with van der Waals surface area (Å²) in [5.74, 6) is 0.940. The molecule has 1 heterocycles. The van der Waals surface area contributed by atoms with Crippen LogP contribution in [0.4, 0.5) is 4.39 Å². The maximum absolute atomic E-state index is 13.3. The third-order valence-corrected chi connectivity index (χ3v) is 7.70. The number of hydrogen-bond acceptors (Lipinski definition) is 5. The number of ketones is 1. The van der Waals surface area contributed by atoms with Crippen molar-refractivity contribution in [1.82, 2.24) is 4.90 Å². The standard InChI is InChI=1S/C30H39FN2O3/c1-5-7-8-17-30(21-32,24-11-14-26(35-3)27(20-24)36-4)28(6-2)33-18-15-23(16-19-33)29(34)22-9-12-25(31)13-10-22/h9-14,20,23,28H,5-8,15-19H2,1-4H3. The number of halogens is 1. The molecule has 5 nitrogen and oxygen atoms in total. The lowest BCUT2D eigenvalue weighted by molar-refractivity contribution is 0.0685. The maximum Gasteiger partial charge on any atom is 0.166 e. The number of carbonyl (C=O) groups is 1. The van der Waals surface area contributed by atoms with Crippen LogP contribution < -0.4 is 9.47 Å². The van der Waals surface area contributed by atoms with E-state index in [-0.39, 0.29) is 23.6 Å². The number of Topliss-reactive ketones (excluding diaryl/α,β-unsaturated/α-hetero) is 1. The van der Waals surface area contributed by atoms with Crippen molar-refractivity contribution in [1.29, 1.82) is 5.26 Å². The van der Waals surface area contributed by atoms with Gasteiger partial charge < -0.3 is 9.47 Å². The second-order valence-corrected chi connectivity index (χ2v) is 9.72. The number of nitrogens with zero attached hydrogens (tertiary/aromatic N) is 2. The zero-order valence-corrected chi connectivity index (χ0v) is 22.1. The van der Waals surface area contributed by atoms with Crippen LogP contribution in [0.5, 0.6) is 11.5 Å². The lowest BCUT2D eigenvalue weighted by atomic mass is 9.69. The number of methoxy groups -OCH3 is 2. The molecule has 6 heteroatoms. The van der Waals surface area contributed by atoms with E-state index < -0.39 is 5.41 Å². The monoisotopic (exact) mass is 494 g/mol. The first-order valence-corrected chi connectivity index (χ1v) is 13.1. The van der Waals surface area contributed by atoms with Gasteiger partial charge in [-0.3, -0.25) is 9.69 Å². The first kappa shape index (κ1) is 27.7. The molecule has 1 fully saturated rings. The minimum Gasteiger partial charge on any atom is -0.493 e. The van der Waals surface area contributed by atoms with E-state index in [1.54, 1.807) is 26.4 Å². The Kier molecular flexibility index (Phi) is 9.89. The van der Waals surface area contributed by atoms with Crippen molar-refractivity contribution in [3.05, 3.63) is 59.4 Å². The van der Waals surface area contributed by atoms with E-state index in [0.717, 1.165) is 63.6 Å². The van der Waals surface area contributed by atoms with Crippen molar-refractivity contribution in [2.75, 3.05) is 27.3 Å². The Morgan fingerprint density at radius 2 is 1.75 bits per heavy atom. The van der Waals surface area contributed by atoms with Crippen LogP contribution in [0.25, 0.3) is 0 Å². The topological polar surface area (TPSA) is 62.6 Å². The minimum atomic E-state index is -0.697. The van der Waals surface area contributed by atoms with Crippen LogP contribution in [0, 0.1) is 23.1 Å². The van der Waals surface area contributed by atoms with E-state index in [1.807, 2.05) is 18.2 Å². The van der Waals surface area contributed by atoms with Gasteiger partial charge in [0.15, 0.2) is 17.3 Å². The van der Waals surface area contributed by atoms with Gasteiger partial charge in [0.1, 0.15) is 5.82 Å². The SMILES string of the molecule is CCCCCC(C#N)(c1ccc(OC)c(OC)c1)C(CC)N1CCC(C(=O)c2ccc(F)cc2)CC1. The Morgan fingerprint density at radius 3 is 2.31 bits per heavy atom. The Balaban J connectivity index is 1.86. The predicted octanol–water partition coefficient (Wildman–Crippen LogP) is 6.56. The molecule has 0 amide bonds. The van der Waals surface area contributed by atoms with Crippen LogP contribution in [0.2, 0.25) is 0 Å². The molecule has 2 aromatic rings. The largest absolute Gasteiger partial charge is 0.493 e. The highest BCUT2D eigenvalue weighted by Crippen LogP contribution is 2.42. The van der Waals surface area contributed by atoms with Gasteiger partial charge in [-0.1, -0.05) is 39.2 Å². The zero-order chi connectivity index (χ0) is 26.1. The van der Waals surface area contributed by atoms with Gasteiger partial charge in [0.05, 0.1) is 25.7 Å². The van der Waals surface area contributed by atoms with E-state index in [4.69, 9.17) is 9.47 Å². The van der Waals surface area contributed by atoms with Crippen molar-refractivity contribution < 1.29 is 18.7 Å². The summed E-state index contributed by atoms with van der Waals surface area (Å²) < 4.78 is 24.3. The van der Waals surface area contributed by atoms with E-state index in [2.05, 4.69) is 24.8 Å². The molecule has 2 aromatic carbocycles. The number of hydrogen-bond donors (Lipinski definition) is 0. The first-order valence-electron chi connectivity index (χ1n) is 13.1.